The summed E-state index contributed by atoms with van der Waals surface area (Å²) in [6.45, 7) is 6.72. The van der Waals surface area contributed by atoms with Gasteiger partial charge in [0.2, 0.25) is 0 Å². The molecule has 1 unspecified atom stereocenters. The molecule has 2 rings (SSSR count). The van der Waals surface area contributed by atoms with Gasteiger partial charge in [-0.1, -0.05) is 56.3 Å². The van der Waals surface area contributed by atoms with Gasteiger partial charge in [0.1, 0.15) is 0 Å². The predicted molar refractivity (Wildman–Crippen MR) is 87.9 cm³/mol. The quantitative estimate of drug-likeness (QED) is 0.818. The second-order valence-corrected chi connectivity index (χ2v) is 5.93. The summed E-state index contributed by atoms with van der Waals surface area (Å²) in [6.07, 6.45) is 1.14. The number of hydrogen-bond acceptors (Lipinski definition) is 1. The van der Waals surface area contributed by atoms with Crippen molar-refractivity contribution in [3.63, 3.8) is 0 Å². The Kier molecular flexibility index (Phi) is 4.97. The first-order valence-electron chi connectivity index (χ1n) is 7.46. The summed E-state index contributed by atoms with van der Waals surface area (Å²) in [5, 5.41) is 3.30. The van der Waals surface area contributed by atoms with Crippen LogP contribution in [0.3, 0.4) is 0 Å². The molecular weight excluding hydrogens is 242 g/mol. The Bertz CT molecular complexity index is 557. The van der Waals surface area contributed by atoms with Crippen LogP contribution in [0.1, 0.15) is 37.9 Å². The predicted octanol–water partition coefficient (Wildman–Crippen LogP) is 4.83. The van der Waals surface area contributed by atoms with Crippen LogP contribution in [0.15, 0.2) is 48.5 Å². The fourth-order valence-corrected chi connectivity index (χ4v) is 2.50. The fourth-order valence-electron chi connectivity index (χ4n) is 2.50. The Morgan fingerprint density at radius 2 is 1.55 bits per heavy atom. The normalized spacial score (nSPS) is 12.7. The molecule has 20 heavy (non-hydrogen) atoms. The van der Waals surface area contributed by atoms with Gasteiger partial charge >= 0.3 is 0 Å². The molecule has 2 aromatic rings. The lowest BCUT2D eigenvalue weighted by Crippen LogP contribution is -2.12. The van der Waals surface area contributed by atoms with Crippen LogP contribution in [-0.2, 0) is 6.42 Å². The lowest BCUT2D eigenvalue weighted by atomic mass is 9.96. The van der Waals surface area contributed by atoms with Crippen LogP contribution < -0.4 is 5.32 Å². The molecule has 0 spiro atoms. The Labute approximate surface area is 123 Å². The molecule has 106 valence electrons. The van der Waals surface area contributed by atoms with Gasteiger partial charge in [-0.3, -0.25) is 0 Å². The minimum Gasteiger partial charge on any atom is -0.313 e. The Morgan fingerprint density at radius 1 is 0.900 bits per heavy atom. The van der Waals surface area contributed by atoms with Crippen LogP contribution in [0.2, 0.25) is 0 Å². The summed E-state index contributed by atoms with van der Waals surface area (Å²) >= 11 is 0. The second-order valence-electron chi connectivity index (χ2n) is 5.93. The fraction of sp³-hybridized carbons (Fsp3) is 0.368. The number of benzene rings is 2. The zero-order chi connectivity index (χ0) is 14.5. The Morgan fingerprint density at radius 3 is 2.20 bits per heavy atom. The van der Waals surface area contributed by atoms with E-state index in [1.807, 2.05) is 7.05 Å². The van der Waals surface area contributed by atoms with Crippen molar-refractivity contribution >= 4 is 0 Å². The van der Waals surface area contributed by atoms with Crippen molar-refractivity contribution in [2.24, 2.45) is 5.92 Å². The molecule has 0 bridgehead atoms. The molecule has 0 amide bonds. The van der Waals surface area contributed by atoms with Crippen molar-refractivity contribution in [3.05, 3.63) is 59.7 Å². The van der Waals surface area contributed by atoms with E-state index in [2.05, 4.69) is 74.6 Å². The highest BCUT2D eigenvalue weighted by Gasteiger charge is 2.05. The maximum absolute atomic E-state index is 3.30. The third-order valence-electron chi connectivity index (χ3n) is 3.72. The van der Waals surface area contributed by atoms with Gasteiger partial charge in [0.05, 0.1) is 0 Å². The average molecular weight is 267 g/mol. The SMILES string of the molecule is CNC(C)c1cccc(-c2cccc(CC(C)C)c2)c1. The van der Waals surface area contributed by atoms with Crippen molar-refractivity contribution in [2.45, 2.75) is 33.2 Å². The van der Waals surface area contributed by atoms with E-state index in [9.17, 15) is 0 Å². The van der Waals surface area contributed by atoms with Crippen LogP contribution in [0.4, 0.5) is 0 Å². The van der Waals surface area contributed by atoms with Gasteiger partial charge in [-0.15, -0.1) is 0 Å². The molecule has 0 aliphatic rings. The molecule has 0 saturated carbocycles. The number of nitrogens with one attached hydrogen (secondary N) is 1. The van der Waals surface area contributed by atoms with Crippen molar-refractivity contribution in [2.75, 3.05) is 7.05 Å². The van der Waals surface area contributed by atoms with Crippen LogP contribution in [0.5, 0.6) is 0 Å². The summed E-state index contributed by atoms with van der Waals surface area (Å²) in [5.74, 6) is 0.695. The van der Waals surface area contributed by atoms with Gasteiger partial charge in [-0.25, -0.2) is 0 Å². The van der Waals surface area contributed by atoms with E-state index in [0.29, 0.717) is 12.0 Å². The minimum absolute atomic E-state index is 0.383. The largest absolute Gasteiger partial charge is 0.313 e. The maximum atomic E-state index is 3.30. The summed E-state index contributed by atoms with van der Waals surface area (Å²) in [6, 6.07) is 18.1. The summed E-state index contributed by atoms with van der Waals surface area (Å²) in [4.78, 5) is 0. The highest BCUT2D eigenvalue weighted by molar-refractivity contribution is 5.65. The summed E-state index contributed by atoms with van der Waals surface area (Å²) < 4.78 is 0. The molecule has 0 heterocycles. The van der Waals surface area contributed by atoms with Gasteiger partial charge < -0.3 is 5.32 Å². The zero-order valence-electron chi connectivity index (χ0n) is 13.0. The molecule has 1 nitrogen and oxygen atoms in total. The molecule has 0 aromatic heterocycles. The third-order valence-corrected chi connectivity index (χ3v) is 3.72. The molecule has 0 fully saturated rings. The van der Waals surface area contributed by atoms with Crippen molar-refractivity contribution in [3.8, 4) is 11.1 Å². The van der Waals surface area contributed by atoms with Crippen molar-refractivity contribution in [1.29, 1.82) is 0 Å². The second kappa shape index (κ2) is 6.71. The van der Waals surface area contributed by atoms with Gasteiger partial charge in [0, 0.05) is 6.04 Å². The van der Waals surface area contributed by atoms with Crippen LogP contribution >= 0.6 is 0 Å². The molecule has 0 aliphatic heterocycles. The molecule has 1 heteroatoms. The Balaban J connectivity index is 2.31. The number of hydrogen-bond donors (Lipinski definition) is 1. The van der Waals surface area contributed by atoms with E-state index in [4.69, 9.17) is 0 Å². The Hall–Kier alpha value is -1.60. The van der Waals surface area contributed by atoms with Gasteiger partial charge in [0.25, 0.3) is 0 Å². The smallest absolute Gasteiger partial charge is 0.0289 e. The first kappa shape index (κ1) is 14.8. The monoisotopic (exact) mass is 267 g/mol. The van der Waals surface area contributed by atoms with Gasteiger partial charge in [-0.05, 0) is 54.6 Å². The van der Waals surface area contributed by atoms with Crippen LogP contribution in [0, 0.1) is 5.92 Å². The van der Waals surface area contributed by atoms with Crippen molar-refractivity contribution in [1.82, 2.24) is 5.32 Å². The maximum Gasteiger partial charge on any atom is 0.0289 e. The minimum atomic E-state index is 0.383. The standard InChI is InChI=1S/C19H25N/c1-14(2)11-16-7-5-9-18(12-16)19-10-6-8-17(13-19)15(3)20-4/h5-10,12-15,20H,11H2,1-4H3. The van der Waals surface area contributed by atoms with E-state index < -0.39 is 0 Å². The molecule has 1 atom stereocenters. The van der Waals surface area contributed by atoms with Crippen molar-refractivity contribution < 1.29 is 0 Å². The molecule has 2 aromatic carbocycles. The van der Waals surface area contributed by atoms with E-state index in [0.717, 1.165) is 6.42 Å². The molecule has 0 radical (unpaired) electrons. The lowest BCUT2D eigenvalue weighted by Gasteiger charge is -2.13. The topological polar surface area (TPSA) is 12.0 Å². The van der Waals surface area contributed by atoms with E-state index in [1.54, 1.807) is 0 Å². The first-order chi connectivity index (χ1) is 9.60. The van der Waals surface area contributed by atoms with Crippen LogP contribution in [-0.4, -0.2) is 7.05 Å². The molecule has 0 aliphatic carbocycles. The van der Waals surface area contributed by atoms with E-state index >= 15 is 0 Å². The highest BCUT2D eigenvalue weighted by Crippen LogP contribution is 2.24. The highest BCUT2D eigenvalue weighted by atomic mass is 14.8. The molecular formula is C19H25N. The molecule has 0 saturated heterocycles. The van der Waals surface area contributed by atoms with E-state index in [1.165, 1.54) is 22.3 Å². The summed E-state index contributed by atoms with van der Waals surface area (Å²) in [5.41, 5.74) is 5.37. The molecule has 1 N–H and O–H groups in total. The first-order valence-corrected chi connectivity index (χ1v) is 7.46. The van der Waals surface area contributed by atoms with Gasteiger partial charge in [-0.2, -0.15) is 0 Å². The average Bonchev–Trinajstić information content (AvgIpc) is 2.46. The third kappa shape index (κ3) is 3.71. The van der Waals surface area contributed by atoms with E-state index in [-0.39, 0.29) is 0 Å². The van der Waals surface area contributed by atoms with Crippen LogP contribution in [0.25, 0.3) is 11.1 Å². The lowest BCUT2D eigenvalue weighted by molar-refractivity contribution is 0.647. The van der Waals surface area contributed by atoms with Gasteiger partial charge in [0.15, 0.2) is 0 Å². The number of rotatable bonds is 5. The zero-order valence-corrected chi connectivity index (χ0v) is 13.0. The summed E-state index contributed by atoms with van der Waals surface area (Å²) in [7, 11) is 2.00.